The van der Waals surface area contributed by atoms with Crippen molar-refractivity contribution >= 4 is 33.7 Å². The summed E-state index contributed by atoms with van der Waals surface area (Å²) in [6.45, 7) is 5.09. The van der Waals surface area contributed by atoms with Gasteiger partial charge in [-0.15, -0.1) is 0 Å². The van der Waals surface area contributed by atoms with Gasteiger partial charge in [-0.1, -0.05) is 50.2 Å². The van der Waals surface area contributed by atoms with Crippen LogP contribution in [0.3, 0.4) is 0 Å². The molecule has 0 spiro atoms. The number of carbonyl (C=O) groups excluding carboxylic acids is 2. The lowest BCUT2D eigenvalue weighted by molar-refractivity contribution is -0.142. The van der Waals surface area contributed by atoms with E-state index >= 15 is 0 Å². The van der Waals surface area contributed by atoms with Crippen molar-refractivity contribution in [3.63, 3.8) is 0 Å². The van der Waals surface area contributed by atoms with Crippen LogP contribution in [0.4, 0.5) is 0 Å². The summed E-state index contributed by atoms with van der Waals surface area (Å²) in [6.07, 6.45) is 4.09. The van der Waals surface area contributed by atoms with Crippen LogP contribution in [-0.4, -0.2) is 34.6 Å². The molecule has 0 saturated carbocycles. The molecule has 0 aliphatic heterocycles. The normalized spacial score (nSPS) is 12.4. The van der Waals surface area contributed by atoms with Gasteiger partial charge in [-0.2, -0.15) is 0 Å². The molecule has 0 aliphatic rings. The van der Waals surface area contributed by atoms with E-state index in [1.165, 1.54) is 7.11 Å². The van der Waals surface area contributed by atoms with Crippen LogP contribution in [-0.2, 0) is 22.5 Å². The fourth-order valence-corrected chi connectivity index (χ4v) is 4.06. The number of methoxy groups -OCH3 is 1. The Bertz CT molecular complexity index is 1240. The summed E-state index contributed by atoms with van der Waals surface area (Å²) in [5, 5.41) is 4.80. The van der Waals surface area contributed by atoms with E-state index in [0.717, 1.165) is 33.9 Å². The second-order valence-corrected chi connectivity index (χ2v) is 8.22. The van der Waals surface area contributed by atoms with Gasteiger partial charge in [-0.3, -0.25) is 4.79 Å². The summed E-state index contributed by atoms with van der Waals surface area (Å²) in [6, 6.07) is 14.9. The van der Waals surface area contributed by atoms with Crippen LogP contribution >= 0.6 is 0 Å². The number of fused-ring (bicyclic) bond motifs is 2. The average molecular weight is 418 g/mol. The minimum Gasteiger partial charge on any atom is -0.467 e. The molecule has 0 bridgehead atoms. The zero-order valence-corrected chi connectivity index (χ0v) is 18.0. The monoisotopic (exact) mass is 417 g/mol. The third kappa shape index (κ3) is 4.19. The van der Waals surface area contributed by atoms with Gasteiger partial charge in [0.15, 0.2) is 0 Å². The fourth-order valence-electron chi connectivity index (χ4n) is 4.06. The number of aromatic nitrogens is 2. The Labute approximate surface area is 181 Å². The molecule has 4 aromatic rings. The second-order valence-electron chi connectivity index (χ2n) is 8.22. The number of nitrogens with one attached hydrogen (secondary N) is 2. The maximum absolute atomic E-state index is 13.2. The van der Waals surface area contributed by atoms with Gasteiger partial charge in [0.05, 0.1) is 12.7 Å². The molecule has 6 heteroatoms. The highest BCUT2D eigenvalue weighted by Gasteiger charge is 2.25. The molecule has 2 heterocycles. The SMILES string of the molecule is COC(=O)[C@@H](Cc1c[nH]c2ccccc12)NC(=O)c1cn(CC(C)C)c2ccccc12. The number of benzene rings is 2. The number of rotatable bonds is 7. The highest BCUT2D eigenvalue weighted by molar-refractivity contribution is 6.08. The lowest BCUT2D eigenvalue weighted by Crippen LogP contribution is -2.43. The van der Waals surface area contributed by atoms with E-state index in [0.29, 0.717) is 17.9 Å². The van der Waals surface area contributed by atoms with Crippen LogP contribution < -0.4 is 5.32 Å². The van der Waals surface area contributed by atoms with Crippen LogP contribution in [0.2, 0.25) is 0 Å². The van der Waals surface area contributed by atoms with Crippen LogP contribution in [0.5, 0.6) is 0 Å². The largest absolute Gasteiger partial charge is 0.467 e. The number of esters is 1. The van der Waals surface area contributed by atoms with Gasteiger partial charge in [-0.05, 0) is 23.6 Å². The van der Waals surface area contributed by atoms with Gasteiger partial charge in [0.1, 0.15) is 6.04 Å². The molecule has 0 fully saturated rings. The van der Waals surface area contributed by atoms with Crippen molar-refractivity contribution < 1.29 is 14.3 Å². The first-order valence-electron chi connectivity index (χ1n) is 10.5. The third-order valence-corrected chi connectivity index (χ3v) is 5.49. The van der Waals surface area contributed by atoms with E-state index in [-0.39, 0.29) is 5.91 Å². The van der Waals surface area contributed by atoms with Gasteiger partial charge >= 0.3 is 5.97 Å². The highest BCUT2D eigenvalue weighted by atomic mass is 16.5. The Morgan fingerprint density at radius 3 is 2.52 bits per heavy atom. The van der Waals surface area contributed by atoms with Crippen molar-refractivity contribution in [2.45, 2.75) is 32.9 Å². The molecule has 0 radical (unpaired) electrons. The van der Waals surface area contributed by atoms with Crippen molar-refractivity contribution in [3.05, 3.63) is 72.1 Å². The quantitative estimate of drug-likeness (QED) is 0.441. The molecule has 4 rings (SSSR count). The van der Waals surface area contributed by atoms with E-state index in [4.69, 9.17) is 4.74 Å². The van der Waals surface area contributed by atoms with E-state index < -0.39 is 12.0 Å². The van der Waals surface area contributed by atoms with Gasteiger partial charge in [0.2, 0.25) is 0 Å². The molecule has 160 valence electrons. The molecular weight excluding hydrogens is 390 g/mol. The highest BCUT2D eigenvalue weighted by Crippen LogP contribution is 2.23. The maximum Gasteiger partial charge on any atom is 0.328 e. The Balaban J connectivity index is 1.63. The Morgan fingerprint density at radius 2 is 1.77 bits per heavy atom. The third-order valence-electron chi connectivity index (χ3n) is 5.49. The predicted octanol–water partition coefficient (Wildman–Crippen LogP) is 4.29. The first-order chi connectivity index (χ1) is 15.0. The van der Waals surface area contributed by atoms with Crippen molar-refractivity contribution in [2.24, 2.45) is 5.92 Å². The Kier molecular flexibility index (Phi) is 5.80. The number of hydrogen-bond acceptors (Lipinski definition) is 3. The van der Waals surface area contributed by atoms with Gasteiger partial charge in [-0.25, -0.2) is 4.79 Å². The molecule has 0 aliphatic carbocycles. The average Bonchev–Trinajstić information content (AvgIpc) is 3.34. The summed E-state index contributed by atoms with van der Waals surface area (Å²) in [7, 11) is 1.34. The van der Waals surface area contributed by atoms with Crippen LogP contribution in [0.25, 0.3) is 21.8 Å². The standard InChI is InChI=1S/C25H27N3O3/c1-16(2)14-28-15-20(19-9-5-7-11-23(19)28)24(29)27-22(25(30)31-3)12-17-13-26-21-10-6-4-8-18(17)21/h4-11,13,15-16,22,26H,12,14H2,1-3H3,(H,27,29)/t22-/m1/s1. The minimum absolute atomic E-state index is 0.283. The molecule has 2 aromatic carbocycles. The van der Waals surface area contributed by atoms with Crippen molar-refractivity contribution in [3.8, 4) is 0 Å². The summed E-state index contributed by atoms with van der Waals surface area (Å²) >= 11 is 0. The zero-order valence-electron chi connectivity index (χ0n) is 18.0. The van der Waals surface area contributed by atoms with Crippen LogP contribution in [0, 0.1) is 5.92 Å². The molecule has 1 amide bonds. The minimum atomic E-state index is -0.788. The van der Waals surface area contributed by atoms with E-state index in [9.17, 15) is 9.59 Å². The smallest absolute Gasteiger partial charge is 0.328 e. The summed E-state index contributed by atoms with van der Waals surface area (Å²) < 4.78 is 7.09. The van der Waals surface area contributed by atoms with Crippen LogP contribution in [0.15, 0.2) is 60.9 Å². The first kappa shape index (κ1) is 20.7. The number of aromatic amines is 1. The number of H-pyrrole nitrogens is 1. The lowest BCUT2D eigenvalue weighted by Gasteiger charge is -2.16. The number of para-hydroxylation sites is 2. The topological polar surface area (TPSA) is 76.1 Å². The summed E-state index contributed by atoms with van der Waals surface area (Å²) in [4.78, 5) is 29.0. The number of hydrogen-bond donors (Lipinski definition) is 2. The lowest BCUT2D eigenvalue weighted by atomic mass is 10.0. The second kappa shape index (κ2) is 8.68. The number of nitrogens with zero attached hydrogens (tertiary/aromatic N) is 1. The Hall–Kier alpha value is -3.54. The number of ether oxygens (including phenoxy) is 1. The fraction of sp³-hybridized carbons (Fsp3) is 0.280. The van der Waals surface area contributed by atoms with Gasteiger partial charge in [0, 0.05) is 47.2 Å². The van der Waals surface area contributed by atoms with Crippen molar-refractivity contribution in [2.75, 3.05) is 7.11 Å². The molecule has 2 aromatic heterocycles. The molecule has 2 N–H and O–H groups in total. The van der Waals surface area contributed by atoms with E-state index in [1.807, 2.05) is 60.9 Å². The molecule has 0 saturated heterocycles. The summed E-state index contributed by atoms with van der Waals surface area (Å²) in [5.74, 6) is -0.310. The molecule has 6 nitrogen and oxygen atoms in total. The van der Waals surface area contributed by atoms with E-state index in [2.05, 4.69) is 28.7 Å². The van der Waals surface area contributed by atoms with Crippen molar-refractivity contribution in [1.82, 2.24) is 14.9 Å². The zero-order chi connectivity index (χ0) is 22.0. The number of amides is 1. The number of carbonyl (C=O) groups is 2. The summed E-state index contributed by atoms with van der Waals surface area (Å²) in [5.41, 5.74) is 3.51. The van der Waals surface area contributed by atoms with E-state index in [1.54, 1.807) is 0 Å². The molecular formula is C25H27N3O3. The molecule has 31 heavy (non-hydrogen) atoms. The van der Waals surface area contributed by atoms with Gasteiger partial charge in [0.25, 0.3) is 5.91 Å². The molecule has 1 atom stereocenters. The molecule has 0 unspecified atom stereocenters. The first-order valence-corrected chi connectivity index (χ1v) is 10.5. The maximum atomic E-state index is 13.2. The predicted molar refractivity (Wildman–Crippen MR) is 122 cm³/mol. The van der Waals surface area contributed by atoms with Crippen LogP contribution in [0.1, 0.15) is 29.8 Å². The van der Waals surface area contributed by atoms with Crippen molar-refractivity contribution in [1.29, 1.82) is 0 Å². The Morgan fingerprint density at radius 1 is 1.06 bits per heavy atom. The van der Waals surface area contributed by atoms with Gasteiger partial charge < -0.3 is 19.6 Å².